The quantitative estimate of drug-likeness (QED) is 0.521. The summed E-state index contributed by atoms with van der Waals surface area (Å²) in [5.41, 5.74) is 5.83. The predicted molar refractivity (Wildman–Crippen MR) is 72.4 cm³/mol. The molecule has 0 amide bonds. The van der Waals surface area contributed by atoms with E-state index in [1.54, 1.807) is 12.1 Å². The van der Waals surface area contributed by atoms with Crippen molar-refractivity contribution in [3.8, 4) is 0 Å². The lowest BCUT2D eigenvalue weighted by Crippen LogP contribution is -2.24. The number of carbonyl (C=O) groups excluding carboxylic acids is 1. The van der Waals surface area contributed by atoms with Gasteiger partial charge in [-0.1, -0.05) is 17.7 Å². The standard InChI is InChI=1S/C12H16ClNO2S/c1-12(2,3)16-10(15)7-17-9-6-4-5-8(13)11(9)14/h4-6H,7,14H2,1-3H3. The monoisotopic (exact) mass is 273 g/mol. The highest BCUT2D eigenvalue weighted by Crippen LogP contribution is 2.30. The molecule has 0 aliphatic rings. The second kappa shape index (κ2) is 5.65. The fraction of sp³-hybridized carbons (Fsp3) is 0.417. The minimum atomic E-state index is -0.461. The average molecular weight is 274 g/mol. The fourth-order valence-corrected chi connectivity index (χ4v) is 2.15. The summed E-state index contributed by atoms with van der Waals surface area (Å²) in [6, 6.07) is 5.35. The van der Waals surface area contributed by atoms with Gasteiger partial charge in [-0.15, -0.1) is 11.8 Å². The SMILES string of the molecule is CC(C)(C)OC(=O)CSc1cccc(Cl)c1N. The minimum Gasteiger partial charge on any atom is -0.459 e. The molecule has 1 aromatic rings. The second-order valence-corrected chi connectivity index (χ2v) is 5.95. The molecule has 0 aliphatic heterocycles. The largest absolute Gasteiger partial charge is 0.459 e. The van der Waals surface area contributed by atoms with Gasteiger partial charge in [-0.3, -0.25) is 4.79 Å². The lowest BCUT2D eigenvalue weighted by Gasteiger charge is -2.19. The number of benzene rings is 1. The van der Waals surface area contributed by atoms with Gasteiger partial charge in [-0.2, -0.15) is 0 Å². The number of ether oxygens (including phenoxy) is 1. The van der Waals surface area contributed by atoms with Crippen molar-refractivity contribution in [3.63, 3.8) is 0 Å². The van der Waals surface area contributed by atoms with Crippen molar-refractivity contribution in [1.82, 2.24) is 0 Å². The zero-order valence-corrected chi connectivity index (χ0v) is 11.7. The smallest absolute Gasteiger partial charge is 0.316 e. The third-order valence-electron chi connectivity index (χ3n) is 1.78. The third kappa shape index (κ3) is 4.88. The number of esters is 1. The molecule has 5 heteroatoms. The van der Waals surface area contributed by atoms with Crippen LogP contribution in [0.15, 0.2) is 23.1 Å². The van der Waals surface area contributed by atoms with Crippen molar-refractivity contribution in [1.29, 1.82) is 0 Å². The molecule has 1 rings (SSSR count). The molecule has 0 fully saturated rings. The first-order valence-electron chi connectivity index (χ1n) is 5.18. The number of carbonyl (C=O) groups is 1. The average Bonchev–Trinajstić information content (AvgIpc) is 2.18. The Kier molecular flexibility index (Phi) is 4.71. The molecular formula is C12H16ClNO2S. The van der Waals surface area contributed by atoms with Gasteiger partial charge in [0.15, 0.2) is 0 Å². The van der Waals surface area contributed by atoms with Crippen LogP contribution in [-0.4, -0.2) is 17.3 Å². The van der Waals surface area contributed by atoms with Gasteiger partial charge in [0.1, 0.15) is 5.60 Å². The lowest BCUT2D eigenvalue weighted by atomic mass is 10.2. The van der Waals surface area contributed by atoms with Crippen molar-refractivity contribution >= 4 is 35.0 Å². The van der Waals surface area contributed by atoms with Crippen LogP contribution in [0, 0.1) is 0 Å². The number of anilines is 1. The molecule has 94 valence electrons. The molecule has 0 aliphatic carbocycles. The van der Waals surface area contributed by atoms with Gasteiger partial charge in [0.05, 0.1) is 16.5 Å². The summed E-state index contributed by atoms with van der Waals surface area (Å²) in [4.78, 5) is 12.3. The molecule has 0 saturated carbocycles. The minimum absolute atomic E-state index is 0.224. The van der Waals surface area contributed by atoms with E-state index in [4.69, 9.17) is 22.1 Å². The Labute approximate surface area is 111 Å². The Hall–Kier alpha value is -0.870. The maximum atomic E-state index is 11.5. The number of nitrogen functional groups attached to an aromatic ring is 1. The molecule has 0 saturated heterocycles. The van der Waals surface area contributed by atoms with Crippen LogP contribution in [-0.2, 0) is 9.53 Å². The first-order chi connectivity index (χ1) is 7.79. The molecule has 3 nitrogen and oxygen atoms in total. The number of hydrogen-bond donors (Lipinski definition) is 1. The summed E-state index contributed by atoms with van der Waals surface area (Å²) >= 11 is 7.21. The first kappa shape index (κ1) is 14.2. The maximum Gasteiger partial charge on any atom is 0.316 e. The van der Waals surface area contributed by atoms with Gasteiger partial charge in [0.2, 0.25) is 0 Å². The van der Waals surface area contributed by atoms with Crippen molar-refractivity contribution in [3.05, 3.63) is 23.2 Å². The normalized spacial score (nSPS) is 11.3. The summed E-state index contributed by atoms with van der Waals surface area (Å²) in [6.45, 7) is 5.51. The summed E-state index contributed by atoms with van der Waals surface area (Å²) in [5, 5.41) is 0.499. The molecule has 0 bridgehead atoms. The van der Waals surface area contributed by atoms with E-state index in [1.807, 2.05) is 26.8 Å². The van der Waals surface area contributed by atoms with Crippen LogP contribution in [0.2, 0.25) is 5.02 Å². The van der Waals surface area contributed by atoms with E-state index in [2.05, 4.69) is 0 Å². The Morgan fingerprint density at radius 1 is 1.47 bits per heavy atom. The summed E-state index contributed by atoms with van der Waals surface area (Å²) in [6.07, 6.45) is 0. The molecule has 0 heterocycles. The van der Waals surface area contributed by atoms with Gasteiger partial charge in [-0.05, 0) is 32.9 Å². The highest BCUT2D eigenvalue weighted by molar-refractivity contribution is 8.00. The molecule has 0 radical (unpaired) electrons. The molecule has 0 spiro atoms. The van der Waals surface area contributed by atoms with E-state index in [0.29, 0.717) is 10.7 Å². The van der Waals surface area contributed by atoms with Gasteiger partial charge < -0.3 is 10.5 Å². The molecule has 0 unspecified atom stereocenters. The zero-order chi connectivity index (χ0) is 13.1. The molecule has 0 aromatic heterocycles. The number of thioether (sulfide) groups is 1. The van der Waals surface area contributed by atoms with E-state index >= 15 is 0 Å². The summed E-state index contributed by atoms with van der Waals surface area (Å²) in [7, 11) is 0. The van der Waals surface area contributed by atoms with Crippen molar-refractivity contribution in [2.75, 3.05) is 11.5 Å². The van der Waals surface area contributed by atoms with E-state index in [9.17, 15) is 4.79 Å². The van der Waals surface area contributed by atoms with Crippen LogP contribution in [0.25, 0.3) is 0 Å². The molecule has 2 N–H and O–H groups in total. The number of halogens is 1. The molecule has 0 atom stereocenters. The maximum absolute atomic E-state index is 11.5. The second-order valence-electron chi connectivity index (χ2n) is 4.53. The number of hydrogen-bond acceptors (Lipinski definition) is 4. The van der Waals surface area contributed by atoms with Crippen molar-refractivity contribution in [2.45, 2.75) is 31.3 Å². The van der Waals surface area contributed by atoms with Crippen LogP contribution in [0.5, 0.6) is 0 Å². The lowest BCUT2D eigenvalue weighted by molar-refractivity contribution is -0.151. The van der Waals surface area contributed by atoms with Gasteiger partial charge in [-0.25, -0.2) is 0 Å². The van der Waals surface area contributed by atoms with E-state index in [-0.39, 0.29) is 11.7 Å². The molecule has 17 heavy (non-hydrogen) atoms. The van der Waals surface area contributed by atoms with Crippen LogP contribution in [0.1, 0.15) is 20.8 Å². The highest BCUT2D eigenvalue weighted by Gasteiger charge is 2.16. The van der Waals surface area contributed by atoms with Crippen LogP contribution in [0.4, 0.5) is 5.69 Å². The van der Waals surface area contributed by atoms with Crippen LogP contribution < -0.4 is 5.73 Å². The molecular weight excluding hydrogens is 258 g/mol. The first-order valence-corrected chi connectivity index (χ1v) is 6.54. The van der Waals surface area contributed by atoms with E-state index in [1.165, 1.54) is 11.8 Å². The topological polar surface area (TPSA) is 52.3 Å². The van der Waals surface area contributed by atoms with Gasteiger partial charge in [0, 0.05) is 4.90 Å². The number of para-hydroxylation sites is 1. The summed E-state index contributed by atoms with van der Waals surface area (Å²) in [5.74, 6) is -0.0381. The zero-order valence-electron chi connectivity index (χ0n) is 10.1. The summed E-state index contributed by atoms with van der Waals surface area (Å²) < 4.78 is 5.20. The van der Waals surface area contributed by atoms with Crippen LogP contribution >= 0.6 is 23.4 Å². The van der Waals surface area contributed by atoms with E-state index < -0.39 is 5.60 Å². The number of rotatable bonds is 3. The van der Waals surface area contributed by atoms with Crippen molar-refractivity contribution < 1.29 is 9.53 Å². The predicted octanol–water partition coefficient (Wildman–Crippen LogP) is 3.36. The van der Waals surface area contributed by atoms with Crippen LogP contribution in [0.3, 0.4) is 0 Å². The third-order valence-corrected chi connectivity index (χ3v) is 3.16. The highest BCUT2D eigenvalue weighted by atomic mass is 35.5. The van der Waals surface area contributed by atoms with Gasteiger partial charge in [0.25, 0.3) is 0 Å². The number of nitrogens with two attached hydrogens (primary N) is 1. The van der Waals surface area contributed by atoms with E-state index in [0.717, 1.165) is 4.90 Å². The Morgan fingerprint density at radius 3 is 2.71 bits per heavy atom. The Balaban J connectivity index is 2.56. The van der Waals surface area contributed by atoms with Crippen molar-refractivity contribution in [2.24, 2.45) is 0 Å². The fourth-order valence-electron chi connectivity index (χ4n) is 1.15. The Bertz CT molecular complexity index is 415. The Morgan fingerprint density at radius 2 is 2.12 bits per heavy atom. The van der Waals surface area contributed by atoms with Gasteiger partial charge >= 0.3 is 5.97 Å². The molecule has 1 aromatic carbocycles.